The predicted molar refractivity (Wildman–Crippen MR) is 63.9 cm³/mol. The lowest BCUT2D eigenvalue weighted by Gasteiger charge is -2.49. The summed E-state index contributed by atoms with van der Waals surface area (Å²) in [5.41, 5.74) is -0.195. The fraction of sp³-hybridized carbons (Fsp3) is 0.909. The maximum Gasteiger partial charge on any atom is 0.234 e. The number of amides is 1. The van der Waals surface area contributed by atoms with Crippen LogP contribution in [-0.2, 0) is 4.79 Å². The van der Waals surface area contributed by atoms with E-state index in [1.807, 2.05) is 27.7 Å². The molecule has 15 heavy (non-hydrogen) atoms. The molecule has 2 N–H and O–H groups in total. The Morgan fingerprint density at radius 3 is 2.40 bits per heavy atom. The highest BCUT2D eigenvalue weighted by Gasteiger charge is 2.48. The van der Waals surface area contributed by atoms with Crippen molar-refractivity contribution in [3.8, 4) is 0 Å². The van der Waals surface area contributed by atoms with Gasteiger partial charge in [-0.15, -0.1) is 0 Å². The first-order valence-corrected chi connectivity index (χ1v) is 6.31. The Morgan fingerprint density at radius 1 is 1.53 bits per heavy atom. The first kappa shape index (κ1) is 13.0. The van der Waals surface area contributed by atoms with Crippen LogP contribution in [0.25, 0.3) is 0 Å². The van der Waals surface area contributed by atoms with Crippen molar-refractivity contribution in [3.63, 3.8) is 0 Å². The third-order valence-electron chi connectivity index (χ3n) is 3.37. The molecule has 0 aromatic carbocycles. The lowest BCUT2D eigenvalue weighted by Crippen LogP contribution is -2.62. The molecule has 3 unspecified atom stereocenters. The van der Waals surface area contributed by atoms with Crippen LogP contribution >= 0.6 is 15.9 Å². The summed E-state index contributed by atoms with van der Waals surface area (Å²) in [6.07, 6.45) is 0.368. The number of aliphatic hydroxyl groups is 1. The zero-order valence-electron chi connectivity index (χ0n) is 9.75. The molecule has 0 radical (unpaired) electrons. The van der Waals surface area contributed by atoms with Crippen LogP contribution < -0.4 is 5.32 Å². The second-order valence-corrected chi connectivity index (χ2v) is 6.27. The van der Waals surface area contributed by atoms with E-state index in [-0.39, 0.29) is 34.2 Å². The van der Waals surface area contributed by atoms with E-state index in [1.165, 1.54) is 0 Å². The number of halogens is 1. The standard InChI is InChI=1S/C11H20BrNO2/c1-6(2)9(12)10(15)13-7-5-8(14)11(7,3)4/h6-9,14H,5H2,1-4H3,(H,13,15). The minimum absolute atomic E-state index is 0.0231. The topological polar surface area (TPSA) is 49.3 Å². The molecule has 4 heteroatoms. The van der Waals surface area contributed by atoms with Crippen molar-refractivity contribution in [2.75, 3.05) is 0 Å². The molecule has 3 atom stereocenters. The molecule has 3 nitrogen and oxygen atoms in total. The maximum atomic E-state index is 11.7. The molecule has 1 aliphatic rings. The van der Waals surface area contributed by atoms with Gasteiger partial charge in [-0.1, -0.05) is 43.6 Å². The van der Waals surface area contributed by atoms with Gasteiger partial charge in [0.25, 0.3) is 0 Å². The second-order valence-electron chi connectivity index (χ2n) is 5.28. The molecular weight excluding hydrogens is 258 g/mol. The molecule has 0 spiro atoms. The monoisotopic (exact) mass is 277 g/mol. The van der Waals surface area contributed by atoms with Crippen LogP contribution in [-0.4, -0.2) is 28.0 Å². The zero-order chi connectivity index (χ0) is 11.8. The molecule has 0 aliphatic heterocycles. The van der Waals surface area contributed by atoms with E-state index in [9.17, 15) is 9.90 Å². The average Bonchev–Trinajstić information content (AvgIpc) is 2.15. The fourth-order valence-corrected chi connectivity index (χ4v) is 1.83. The van der Waals surface area contributed by atoms with Crippen molar-refractivity contribution < 1.29 is 9.90 Å². The summed E-state index contributed by atoms with van der Waals surface area (Å²) in [5, 5.41) is 12.5. The summed E-state index contributed by atoms with van der Waals surface area (Å²) < 4.78 is 0. The highest BCUT2D eigenvalue weighted by molar-refractivity contribution is 9.10. The van der Waals surface area contributed by atoms with Crippen LogP contribution in [0.2, 0.25) is 0 Å². The van der Waals surface area contributed by atoms with E-state index in [2.05, 4.69) is 21.2 Å². The zero-order valence-corrected chi connectivity index (χ0v) is 11.3. The minimum Gasteiger partial charge on any atom is -0.392 e. The summed E-state index contributed by atoms with van der Waals surface area (Å²) in [5.74, 6) is 0.299. The van der Waals surface area contributed by atoms with Crippen molar-refractivity contribution in [2.45, 2.75) is 51.1 Å². The molecule has 0 saturated heterocycles. The lowest BCUT2D eigenvalue weighted by atomic mass is 9.64. The van der Waals surface area contributed by atoms with Gasteiger partial charge in [-0.3, -0.25) is 4.79 Å². The van der Waals surface area contributed by atoms with Gasteiger partial charge in [0.1, 0.15) is 0 Å². The van der Waals surface area contributed by atoms with Gasteiger partial charge in [0, 0.05) is 11.5 Å². The molecule has 1 amide bonds. The van der Waals surface area contributed by atoms with E-state index >= 15 is 0 Å². The maximum absolute atomic E-state index is 11.7. The number of carbonyl (C=O) groups excluding carboxylic acids is 1. The Labute approximate surface area is 99.8 Å². The van der Waals surface area contributed by atoms with Gasteiger partial charge in [-0.2, -0.15) is 0 Å². The summed E-state index contributed by atoms with van der Waals surface area (Å²) in [6.45, 7) is 7.95. The number of hydrogen-bond donors (Lipinski definition) is 2. The number of aliphatic hydroxyl groups excluding tert-OH is 1. The van der Waals surface area contributed by atoms with Crippen LogP contribution in [0.3, 0.4) is 0 Å². The van der Waals surface area contributed by atoms with Crippen molar-refractivity contribution in [3.05, 3.63) is 0 Å². The van der Waals surface area contributed by atoms with Gasteiger partial charge in [-0.05, 0) is 12.3 Å². The number of rotatable bonds is 3. The smallest absolute Gasteiger partial charge is 0.234 e. The van der Waals surface area contributed by atoms with E-state index in [4.69, 9.17) is 0 Å². The predicted octanol–water partition coefficient (Wildman–Crippen LogP) is 1.68. The van der Waals surface area contributed by atoms with Gasteiger partial charge >= 0.3 is 0 Å². The normalized spacial score (nSPS) is 30.9. The van der Waals surface area contributed by atoms with Gasteiger partial charge in [0.2, 0.25) is 5.91 Å². The first-order valence-electron chi connectivity index (χ1n) is 5.39. The largest absolute Gasteiger partial charge is 0.392 e. The molecule has 1 aliphatic carbocycles. The fourth-order valence-electron chi connectivity index (χ4n) is 1.70. The van der Waals surface area contributed by atoms with Gasteiger partial charge in [0.15, 0.2) is 0 Å². The molecule has 1 saturated carbocycles. The summed E-state index contributed by atoms with van der Waals surface area (Å²) >= 11 is 3.37. The van der Waals surface area contributed by atoms with Gasteiger partial charge in [0.05, 0.1) is 10.9 Å². The first-order chi connectivity index (χ1) is 6.76. The van der Waals surface area contributed by atoms with Crippen LogP contribution in [0.4, 0.5) is 0 Å². The van der Waals surface area contributed by atoms with E-state index in [0.29, 0.717) is 6.42 Å². The van der Waals surface area contributed by atoms with E-state index in [0.717, 1.165) is 0 Å². The van der Waals surface area contributed by atoms with E-state index in [1.54, 1.807) is 0 Å². The molecule has 1 rings (SSSR count). The number of nitrogens with one attached hydrogen (secondary N) is 1. The SMILES string of the molecule is CC(C)C(Br)C(=O)NC1CC(O)C1(C)C. The molecule has 88 valence electrons. The highest BCUT2D eigenvalue weighted by Crippen LogP contribution is 2.40. The Hall–Kier alpha value is -0.0900. The van der Waals surface area contributed by atoms with Crippen LogP contribution in [0.1, 0.15) is 34.1 Å². The number of hydrogen-bond acceptors (Lipinski definition) is 2. The van der Waals surface area contributed by atoms with Crippen LogP contribution in [0.5, 0.6) is 0 Å². The molecule has 0 bridgehead atoms. The lowest BCUT2D eigenvalue weighted by molar-refractivity contribution is -0.129. The summed E-state index contributed by atoms with van der Waals surface area (Å²) in [6, 6.07) is 0.0961. The van der Waals surface area contributed by atoms with Gasteiger partial charge in [-0.25, -0.2) is 0 Å². The van der Waals surface area contributed by atoms with Crippen molar-refractivity contribution in [2.24, 2.45) is 11.3 Å². The Balaban J connectivity index is 2.47. The average molecular weight is 278 g/mol. The third-order valence-corrected chi connectivity index (χ3v) is 4.84. The molecule has 0 heterocycles. The van der Waals surface area contributed by atoms with Crippen molar-refractivity contribution in [1.29, 1.82) is 0 Å². The summed E-state index contributed by atoms with van der Waals surface area (Å²) in [4.78, 5) is 11.6. The third kappa shape index (κ3) is 2.53. The highest BCUT2D eigenvalue weighted by atomic mass is 79.9. The molecule has 0 aromatic heterocycles. The Morgan fingerprint density at radius 2 is 2.07 bits per heavy atom. The molecule has 1 fully saturated rings. The van der Waals surface area contributed by atoms with Crippen LogP contribution in [0, 0.1) is 11.3 Å². The van der Waals surface area contributed by atoms with Gasteiger partial charge < -0.3 is 10.4 Å². The van der Waals surface area contributed by atoms with E-state index < -0.39 is 0 Å². The second kappa shape index (κ2) is 4.42. The number of carbonyl (C=O) groups is 1. The molecular formula is C11H20BrNO2. The minimum atomic E-state index is -0.296. The Kier molecular flexibility index (Phi) is 3.82. The number of alkyl halides is 1. The summed E-state index contributed by atoms with van der Waals surface area (Å²) in [7, 11) is 0. The quantitative estimate of drug-likeness (QED) is 0.772. The van der Waals surface area contributed by atoms with Crippen molar-refractivity contribution in [1.82, 2.24) is 5.32 Å². The van der Waals surface area contributed by atoms with Crippen molar-refractivity contribution >= 4 is 21.8 Å². The van der Waals surface area contributed by atoms with Crippen LogP contribution in [0.15, 0.2) is 0 Å². The molecule has 0 aromatic rings. The Bertz CT molecular complexity index is 253.